The van der Waals surface area contributed by atoms with Gasteiger partial charge < -0.3 is 31.5 Å². The van der Waals surface area contributed by atoms with E-state index in [0.29, 0.717) is 29.1 Å². The van der Waals surface area contributed by atoms with Gasteiger partial charge in [-0.1, -0.05) is 0 Å². The summed E-state index contributed by atoms with van der Waals surface area (Å²) in [6.45, 7) is 0. The molecule has 3 rings (SSSR count). The highest BCUT2D eigenvalue weighted by Crippen LogP contribution is 2.45. The number of nitrogen functional groups attached to an aromatic ring is 1. The number of aliphatic hydroxyl groups excluding tert-OH is 2. The molecule has 7 N–H and O–H groups in total. The minimum Gasteiger partial charge on any atom is -0.480 e. The smallest absolute Gasteiger partial charge is 0.320 e. The minimum absolute atomic E-state index is 0.216. The lowest BCUT2D eigenvalue weighted by atomic mass is 10.1. The quantitative estimate of drug-likeness (QED) is 0.372. The number of rotatable bonds is 7. The zero-order valence-corrected chi connectivity index (χ0v) is 16.5. The summed E-state index contributed by atoms with van der Waals surface area (Å²) in [4.78, 5) is 23.1. The summed E-state index contributed by atoms with van der Waals surface area (Å²) in [6.07, 6.45) is 3.40. The van der Waals surface area contributed by atoms with E-state index in [1.54, 1.807) is 0 Å². The van der Waals surface area contributed by atoms with Crippen molar-refractivity contribution in [1.29, 1.82) is 0 Å². The number of nitrogens with two attached hydrogens (primary N) is 2. The molecule has 12 heteroatoms. The Hall–Kier alpha value is -1.99. The van der Waals surface area contributed by atoms with Crippen LogP contribution in [0.2, 0.25) is 0 Å². The lowest BCUT2D eigenvalue weighted by Crippen LogP contribution is -2.36. The number of carboxylic acids is 1. The number of ether oxygens (including phenoxy) is 1. The van der Waals surface area contributed by atoms with Gasteiger partial charge >= 0.3 is 5.97 Å². The first kappa shape index (κ1) is 20.7. The zero-order chi connectivity index (χ0) is 20.6. The van der Waals surface area contributed by atoms with E-state index in [1.807, 2.05) is 12.5 Å². The number of nitrogens with zero attached hydrogens (tertiary/aromatic N) is 4. The van der Waals surface area contributed by atoms with Gasteiger partial charge in [-0.3, -0.25) is 9.36 Å². The number of anilines is 1. The van der Waals surface area contributed by atoms with Gasteiger partial charge in [-0.25, -0.2) is 25.0 Å². The normalized spacial score (nSPS) is 27.2. The number of hydrogen-bond donors (Lipinski definition) is 5. The van der Waals surface area contributed by atoms with E-state index in [1.165, 1.54) is 17.2 Å². The Morgan fingerprint density at radius 3 is 2.71 bits per heavy atom. The Kier molecular flexibility index (Phi) is 5.77. The molecule has 11 nitrogen and oxygen atoms in total. The second-order valence-corrected chi connectivity index (χ2v) is 11.8. The van der Waals surface area contributed by atoms with Gasteiger partial charge in [0, 0.05) is 5.75 Å². The maximum Gasteiger partial charge on any atom is 0.320 e. The molecule has 1 fully saturated rings. The molecule has 0 radical (unpaired) electrons. The summed E-state index contributed by atoms with van der Waals surface area (Å²) in [5.74, 6) is 0.299. The van der Waals surface area contributed by atoms with Crippen LogP contribution in [0.5, 0.6) is 0 Å². The molecule has 3 heterocycles. The standard InChI is InChI=1S/C16H26N6O5S/c1-28(2,4-3-8(17)16(25)26)5-9-11(23)12(24)15(27-9)22-7-21-10-13(18)19-6-20-14(10)22/h6-9,11-12,15,23-24H,3-5,17H2,1-2H3,(H,25,26)(H2,18,19,20)/t8-,9+,11+,12+,15+/m0/s1. The van der Waals surface area contributed by atoms with Gasteiger partial charge in [0.05, 0.1) is 12.4 Å². The fourth-order valence-corrected chi connectivity index (χ4v) is 5.47. The van der Waals surface area contributed by atoms with Gasteiger partial charge in [0.15, 0.2) is 17.7 Å². The van der Waals surface area contributed by atoms with Gasteiger partial charge in [0.1, 0.15) is 30.1 Å². The Balaban J connectivity index is 1.73. The van der Waals surface area contributed by atoms with E-state index in [2.05, 4.69) is 15.0 Å². The topological polar surface area (TPSA) is 183 Å². The SMILES string of the molecule is CS(C)(CC[C@H](N)C(=O)O)C[C@H]1O[C@@H](n2cnc3c(N)ncnc32)[C@H](O)[C@@H]1O. The molecule has 1 aliphatic rings. The molecule has 0 aromatic carbocycles. The highest BCUT2D eigenvalue weighted by atomic mass is 32.3. The molecule has 2 aromatic rings. The van der Waals surface area contributed by atoms with E-state index in [9.17, 15) is 15.0 Å². The van der Waals surface area contributed by atoms with Crippen LogP contribution in [0.3, 0.4) is 0 Å². The van der Waals surface area contributed by atoms with Gasteiger partial charge in [0.25, 0.3) is 0 Å². The molecule has 0 aliphatic carbocycles. The molecule has 1 aliphatic heterocycles. The summed E-state index contributed by atoms with van der Waals surface area (Å²) < 4.78 is 7.50. The van der Waals surface area contributed by atoms with Gasteiger partial charge in [-0.2, -0.15) is 0 Å². The fourth-order valence-electron chi connectivity index (χ4n) is 3.25. The van der Waals surface area contributed by atoms with Crippen molar-refractivity contribution in [3.8, 4) is 0 Å². The summed E-state index contributed by atoms with van der Waals surface area (Å²) in [5, 5.41) is 30.0. The molecule has 0 saturated carbocycles. The third-order valence-corrected chi connectivity index (χ3v) is 7.48. The van der Waals surface area contributed by atoms with Crippen molar-refractivity contribution in [3.05, 3.63) is 12.7 Å². The van der Waals surface area contributed by atoms with Crippen molar-refractivity contribution in [2.75, 3.05) is 29.8 Å². The molecular formula is C16H26N6O5S. The molecule has 0 amide bonds. The number of fused-ring (bicyclic) bond motifs is 1. The summed E-state index contributed by atoms with van der Waals surface area (Å²) in [7, 11) is -1.30. The fraction of sp³-hybridized carbons (Fsp3) is 0.625. The minimum atomic E-state index is -1.30. The van der Waals surface area contributed by atoms with Crippen LogP contribution in [-0.4, -0.2) is 89.2 Å². The van der Waals surface area contributed by atoms with Crippen LogP contribution in [-0.2, 0) is 9.53 Å². The van der Waals surface area contributed by atoms with E-state index >= 15 is 0 Å². The van der Waals surface area contributed by atoms with Gasteiger partial charge in [-0.05, 0) is 24.7 Å². The number of aromatic nitrogens is 4. The molecule has 0 bridgehead atoms. The number of imidazole rings is 1. The van der Waals surface area contributed by atoms with Crippen LogP contribution in [0.1, 0.15) is 12.6 Å². The molecule has 156 valence electrons. The first-order valence-electron chi connectivity index (χ1n) is 8.72. The average Bonchev–Trinajstić information content (AvgIpc) is 3.17. The number of aliphatic carboxylic acids is 1. The van der Waals surface area contributed by atoms with Crippen LogP contribution >= 0.6 is 10.0 Å². The number of carbonyl (C=O) groups is 1. The Bertz CT molecular complexity index is 861. The second kappa shape index (κ2) is 7.79. The van der Waals surface area contributed by atoms with Gasteiger partial charge in [0.2, 0.25) is 0 Å². The summed E-state index contributed by atoms with van der Waals surface area (Å²) in [6, 6.07) is -0.915. The second-order valence-electron chi connectivity index (χ2n) is 7.50. The predicted molar refractivity (Wildman–Crippen MR) is 105 cm³/mol. The maximum absolute atomic E-state index is 10.9. The van der Waals surface area contributed by atoms with E-state index in [4.69, 9.17) is 21.3 Å². The van der Waals surface area contributed by atoms with Gasteiger partial charge in [-0.15, -0.1) is 0 Å². The summed E-state index contributed by atoms with van der Waals surface area (Å²) >= 11 is 0. The number of hydrogen-bond acceptors (Lipinski definition) is 9. The lowest BCUT2D eigenvalue weighted by molar-refractivity contribution is -0.138. The molecule has 2 aromatic heterocycles. The molecule has 28 heavy (non-hydrogen) atoms. The monoisotopic (exact) mass is 414 g/mol. The molecular weight excluding hydrogens is 388 g/mol. The molecule has 5 atom stereocenters. The van der Waals surface area contributed by atoms with E-state index < -0.39 is 46.6 Å². The first-order valence-corrected chi connectivity index (χ1v) is 11.5. The Morgan fingerprint density at radius 1 is 1.32 bits per heavy atom. The third-order valence-electron chi connectivity index (χ3n) is 4.91. The first-order chi connectivity index (χ1) is 13.1. The average molecular weight is 414 g/mol. The lowest BCUT2D eigenvalue weighted by Gasteiger charge is -2.35. The Labute approximate surface area is 163 Å². The number of aliphatic hydroxyl groups is 2. The predicted octanol–water partition coefficient (Wildman–Crippen LogP) is -1.11. The summed E-state index contributed by atoms with van der Waals surface area (Å²) in [5.41, 5.74) is 12.2. The van der Waals surface area contributed by atoms with Crippen molar-refractivity contribution in [3.63, 3.8) is 0 Å². The van der Waals surface area contributed by atoms with Crippen LogP contribution in [0.4, 0.5) is 5.82 Å². The van der Waals surface area contributed by atoms with Crippen LogP contribution in [0.25, 0.3) is 11.2 Å². The molecule has 0 spiro atoms. The van der Waals surface area contributed by atoms with E-state index in [-0.39, 0.29) is 5.82 Å². The largest absolute Gasteiger partial charge is 0.480 e. The van der Waals surface area contributed by atoms with Crippen LogP contribution < -0.4 is 11.5 Å². The van der Waals surface area contributed by atoms with Crippen molar-refractivity contribution < 1.29 is 24.9 Å². The van der Waals surface area contributed by atoms with Crippen molar-refractivity contribution in [2.24, 2.45) is 5.73 Å². The third kappa shape index (κ3) is 4.05. The molecule has 1 saturated heterocycles. The highest BCUT2D eigenvalue weighted by molar-refractivity contribution is 8.32. The van der Waals surface area contributed by atoms with Crippen LogP contribution in [0, 0.1) is 0 Å². The Morgan fingerprint density at radius 2 is 2.04 bits per heavy atom. The molecule has 0 unspecified atom stereocenters. The maximum atomic E-state index is 10.9. The number of carboxylic acid groups (broad SMARTS) is 1. The van der Waals surface area contributed by atoms with Crippen molar-refractivity contribution in [1.82, 2.24) is 19.5 Å². The van der Waals surface area contributed by atoms with Crippen LogP contribution in [0.15, 0.2) is 12.7 Å². The van der Waals surface area contributed by atoms with E-state index in [0.717, 1.165) is 0 Å². The van der Waals surface area contributed by atoms with Crippen molar-refractivity contribution >= 4 is 33.0 Å². The van der Waals surface area contributed by atoms with Crippen molar-refractivity contribution in [2.45, 2.75) is 37.0 Å². The zero-order valence-electron chi connectivity index (χ0n) is 15.7. The highest BCUT2D eigenvalue weighted by Gasteiger charge is 2.45.